The molecule has 0 spiro atoms. The van der Waals surface area contributed by atoms with Gasteiger partial charge in [-0.1, -0.05) is 17.7 Å². The number of carbonyl (C=O) groups is 1. The van der Waals surface area contributed by atoms with Gasteiger partial charge in [-0.2, -0.15) is 0 Å². The van der Waals surface area contributed by atoms with Crippen LogP contribution in [0.1, 0.15) is 19.3 Å². The average molecular weight is 407 g/mol. The van der Waals surface area contributed by atoms with Crippen LogP contribution in [0.2, 0.25) is 5.02 Å². The molecule has 0 radical (unpaired) electrons. The Morgan fingerprint density at radius 2 is 2.14 bits per heavy atom. The second-order valence-corrected chi connectivity index (χ2v) is 7.42. The summed E-state index contributed by atoms with van der Waals surface area (Å²) in [6.07, 6.45) is 1.93. The van der Waals surface area contributed by atoms with Crippen LogP contribution < -0.4 is 9.64 Å². The third kappa shape index (κ3) is 4.39. The molecule has 0 saturated carbocycles. The Labute approximate surface area is 169 Å². The Hall–Kier alpha value is -2.31. The fourth-order valence-corrected chi connectivity index (χ4v) is 3.89. The van der Waals surface area contributed by atoms with E-state index in [0.717, 1.165) is 25.8 Å². The molecule has 150 valence electrons. The maximum atomic E-state index is 13.6. The number of amides is 1. The number of anilines is 1. The quantitative estimate of drug-likeness (QED) is 0.723. The van der Waals surface area contributed by atoms with Gasteiger partial charge in [0.25, 0.3) is 0 Å². The van der Waals surface area contributed by atoms with Gasteiger partial charge in [0.05, 0.1) is 17.8 Å². The molecule has 5 nitrogen and oxygen atoms in total. The normalized spacial score (nSPS) is 16.9. The fraction of sp³-hybridized carbons (Fsp3) is 0.381. The van der Waals surface area contributed by atoms with Crippen molar-refractivity contribution in [2.24, 2.45) is 0 Å². The molecule has 2 aromatic carbocycles. The summed E-state index contributed by atoms with van der Waals surface area (Å²) in [5.74, 6) is 0.0642. The molecule has 3 rings (SSSR count). The van der Waals surface area contributed by atoms with Crippen molar-refractivity contribution < 1.29 is 19.0 Å². The van der Waals surface area contributed by atoms with Crippen molar-refractivity contribution in [3.05, 3.63) is 47.2 Å². The summed E-state index contributed by atoms with van der Waals surface area (Å²) in [6, 6.07) is 9.93. The maximum absolute atomic E-state index is 13.6. The van der Waals surface area contributed by atoms with Crippen LogP contribution in [0.25, 0.3) is 11.1 Å². The van der Waals surface area contributed by atoms with Crippen LogP contribution in [0, 0.1) is 5.82 Å². The number of nitrogens with zero attached hydrogens (tertiary/aromatic N) is 2. The minimum atomic E-state index is -1.03. The smallest absolute Gasteiger partial charge is 0.411 e. The van der Waals surface area contributed by atoms with Gasteiger partial charge < -0.3 is 14.7 Å². The number of benzene rings is 2. The molecule has 7 heteroatoms. The minimum absolute atomic E-state index is 0.0132. The van der Waals surface area contributed by atoms with Crippen LogP contribution in [0.4, 0.5) is 14.9 Å². The summed E-state index contributed by atoms with van der Waals surface area (Å²) in [6.45, 7) is 1.41. The lowest BCUT2D eigenvalue weighted by atomic mass is 10.0. The largest absolute Gasteiger partial charge is 0.497 e. The lowest BCUT2D eigenvalue weighted by Crippen LogP contribution is -2.35. The number of ether oxygens (including phenoxy) is 1. The van der Waals surface area contributed by atoms with E-state index in [9.17, 15) is 14.3 Å². The van der Waals surface area contributed by atoms with Crippen LogP contribution in [-0.2, 0) is 0 Å². The molecule has 1 saturated heterocycles. The number of methoxy groups -OCH3 is 1. The van der Waals surface area contributed by atoms with Gasteiger partial charge in [0.15, 0.2) is 0 Å². The SMILES string of the molecule is COc1ccc(N(CCC2CCCN2C)C(=O)O)c(-c2ccc(F)c(Cl)c2)c1. The lowest BCUT2D eigenvalue weighted by molar-refractivity contribution is 0.200. The number of hydrogen-bond acceptors (Lipinski definition) is 3. The summed E-state index contributed by atoms with van der Waals surface area (Å²) < 4.78 is 18.9. The summed E-state index contributed by atoms with van der Waals surface area (Å²) in [5, 5.41) is 9.84. The first-order chi connectivity index (χ1) is 13.4. The molecule has 1 aliphatic rings. The van der Waals surface area contributed by atoms with E-state index in [1.165, 1.54) is 17.0 Å². The third-order valence-electron chi connectivity index (χ3n) is 5.31. The first kappa shape index (κ1) is 20.4. The van der Waals surface area contributed by atoms with Gasteiger partial charge in [-0.3, -0.25) is 4.90 Å². The van der Waals surface area contributed by atoms with Gasteiger partial charge in [0.1, 0.15) is 11.6 Å². The average Bonchev–Trinajstić information content (AvgIpc) is 3.09. The topological polar surface area (TPSA) is 53.0 Å². The number of rotatable bonds is 6. The minimum Gasteiger partial charge on any atom is -0.497 e. The highest BCUT2D eigenvalue weighted by atomic mass is 35.5. The highest BCUT2D eigenvalue weighted by molar-refractivity contribution is 6.31. The molecule has 0 bridgehead atoms. The van der Waals surface area contributed by atoms with E-state index in [4.69, 9.17) is 16.3 Å². The Balaban J connectivity index is 1.97. The zero-order valence-electron chi connectivity index (χ0n) is 16.0. The van der Waals surface area contributed by atoms with Crippen LogP contribution in [0.3, 0.4) is 0 Å². The molecule has 1 fully saturated rings. The van der Waals surface area contributed by atoms with Gasteiger partial charge >= 0.3 is 6.09 Å². The van der Waals surface area contributed by atoms with Crippen molar-refractivity contribution in [2.75, 3.05) is 32.1 Å². The van der Waals surface area contributed by atoms with Crippen LogP contribution in [-0.4, -0.2) is 49.4 Å². The molecule has 1 unspecified atom stereocenters. The van der Waals surface area contributed by atoms with Gasteiger partial charge in [-0.05, 0) is 68.8 Å². The molecule has 0 aliphatic carbocycles. The van der Waals surface area contributed by atoms with E-state index in [1.54, 1.807) is 31.4 Å². The van der Waals surface area contributed by atoms with Crippen molar-refractivity contribution in [3.63, 3.8) is 0 Å². The van der Waals surface area contributed by atoms with Gasteiger partial charge in [0.2, 0.25) is 0 Å². The van der Waals surface area contributed by atoms with Crippen molar-refractivity contribution in [3.8, 4) is 16.9 Å². The second kappa shape index (κ2) is 8.80. The zero-order valence-corrected chi connectivity index (χ0v) is 16.7. The van der Waals surface area contributed by atoms with E-state index < -0.39 is 11.9 Å². The summed E-state index contributed by atoms with van der Waals surface area (Å²) >= 11 is 5.95. The predicted molar refractivity (Wildman–Crippen MR) is 109 cm³/mol. The number of likely N-dealkylation sites (tertiary alicyclic amines) is 1. The molecule has 0 aromatic heterocycles. The van der Waals surface area contributed by atoms with Crippen molar-refractivity contribution >= 4 is 23.4 Å². The van der Waals surface area contributed by atoms with Crippen molar-refractivity contribution in [2.45, 2.75) is 25.3 Å². The Morgan fingerprint density at radius 1 is 1.36 bits per heavy atom. The summed E-state index contributed by atoms with van der Waals surface area (Å²) in [4.78, 5) is 15.7. The van der Waals surface area contributed by atoms with Crippen molar-refractivity contribution in [1.82, 2.24) is 4.90 Å². The first-order valence-electron chi connectivity index (χ1n) is 9.25. The van der Waals surface area contributed by atoms with Gasteiger partial charge in [0, 0.05) is 18.2 Å². The molecule has 1 heterocycles. The molecular weight excluding hydrogens is 383 g/mol. The monoisotopic (exact) mass is 406 g/mol. The van der Waals surface area contributed by atoms with Crippen molar-refractivity contribution in [1.29, 1.82) is 0 Å². The summed E-state index contributed by atoms with van der Waals surface area (Å²) in [7, 11) is 3.61. The van der Waals surface area contributed by atoms with E-state index in [0.29, 0.717) is 35.2 Å². The molecule has 1 amide bonds. The molecule has 1 aliphatic heterocycles. The second-order valence-electron chi connectivity index (χ2n) is 7.01. The standard InChI is InChI=1S/C21H24ClFN2O3/c1-24-10-3-4-15(24)9-11-25(21(26)27)20-8-6-16(28-2)13-17(20)14-5-7-19(23)18(22)12-14/h5-8,12-13,15H,3-4,9-11H2,1-2H3,(H,26,27). The molecule has 28 heavy (non-hydrogen) atoms. The fourth-order valence-electron chi connectivity index (χ4n) is 3.71. The van der Waals surface area contributed by atoms with E-state index in [1.807, 2.05) is 0 Å². The number of hydrogen-bond donors (Lipinski definition) is 1. The highest BCUT2D eigenvalue weighted by Gasteiger charge is 2.25. The number of carboxylic acid groups (broad SMARTS) is 1. The zero-order chi connectivity index (χ0) is 20.3. The maximum Gasteiger partial charge on any atom is 0.411 e. The highest BCUT2D eigenvalue weighted by Crippen LogP contribution is 2.36. The van der Waals surface area contributed by atoms with Gasteiger partial charge in [-0.25, -0.2) is 9.18 Å². The number of halogens is 2. The van der Waals surface area contributed by atoms with E-state index in [-0.39, 0.29) is 5.02 Å². The summed E-state index contributed by atoms with van der Waals surface area (Å²) in [5.41, 5.74) is 1.78. The lowest BCUT2D eigenvalue weighted by Gasteiger charge is -2.26. The third-order valence-corrected chi connectivity index (χ3v) is 5.60. The Kier molecular flexibility index (Phi) is 6.42. The van der Waals surface area contributed by atoms with Crippen LogP contribution in [0.5, 0.6) is 5.75 Å². The first-order valence-corrected chi connectivity index (χ1v) is 9.62. The van der Waals surface area contributed by atoms with Crippen LogP contribution >= 0.6 is 11.6 Å². The van der Waals surface area contributed by atoms with Gasteiger partial charge in [-0.15, -0.1) is 0 Å². The van der Waals surface area contributed by atoms with Crippen LogP contribution in [0.15, 0.2) is 36.4 Å². The molecular formula is C21H24ClFN2O3. The van der Waals surface area contributed by atoms with E-state index >= 15 is 0 Å². The molecule has 2 aromatic rings. The molecule has 1 N–H and O–H groups in total. The van der Waals surface area contributed by atoms with E-state index in [2.05, 4.69) is 11.9 Å². The predicted octanol–water partition coefficient (Wildman–Crippen LogP) is 5.12. The Morgan fingerprint density at radius 3 is 2.75 bits per heavy atom. The molecule has 1 atom stereocenters. The Bertz CT molecular complexity index is 862.